The fourth-order valence-corrected chi connectivity index (χ4v) is 3.39. The highest BCUT2D eigenvalue weighted by atomic mass is 35.5. The van der Waals surface area contributed by atoms with Crippen molar-refractivity contribution < 1.29 is 4.79 Å². The molecule has 3 rings (SSSR count). The molecule has 0 radical (unpaired) electrons. The van der Waals surface area contributed by atoms with E-state index in [1.165, 1.54) is 16.9 Å². The van der Waals surface area contributed by atoms with Gasteiger partial charge in [0, 0.05) is 21.7 Å². The van der Waals surface area contributed by atoms with Gasteiger partial charge in [-0.3, -0.25) is 4.79 Å². The molecule has 1 amide bonds. The first-order valence-electron chi connectivity index (χ1n) is 7.73. The highest BCUT2D eigenvalue weighted by Crippen LogP contribution is 2.26. The van der Waals surface area contributed by atoms with Gasteiger partial charge in [-0.1, -0.05) is 42.8 Å². The maximum atomic E-state index is 12.2. The van der Waals surface area contributed by atoms with Crippen LogP contribution in [0.4, 0.5) is 5.69 Å². The van der Waals surface area contributed by atoms with Gasteiger partial charge in [-0.2, -0.15) is 0 Å². The van der Waals surface area contributed by atoms with Crippen molar-refractivity contribution in [1.82, 2.24) is 4.98 Å². The van der Waals surface area contributed by atoms with E-state index in [9.17, 15) is 4.79 Å². The molecule has 1 heterocycles. The lowest BCUT2D eigenvalue weighted by Gasteiger charge is -2.05. The quantitative estimate of drug-likeness (QED) is 0.682. The molecular formula is C19H17ClN2OS. The van der Waals surface area contributed by atoms with Crippen LogP contribution in [-0.4, -0.2) is 10.9 Å². The van der Waals surface area contributed by atoms with Gasteiger partial charge < -0.3 is 5.32 Å². The number of hydrogen-bond acceptors (Lipinski definition) is 3. The minimum Gasteiger partial charge on any atom is -0.326 e. The molecule has 1 N–H and O–H groups in total. The van der Waals surface area contributed by atoms with Crippen molar-refractivity contribution in [3.05, 3.63) is 70.2 Å². The highest BCUT2D eigenvalue weighted by Gasteiger charge is 2.10. The SMILES string of the molecule is CCc1cccc(NC(=O)Cc2csc(-c3cccc(Cl)c3)n2)c1. The lowest BCUT2D eigenvalue weighted by Crippen LogP contribution is -2.14. The van der Waals surface area contributed by atoms with E-state index in [1.807, 2.05) is 53.9 Å². The second kappa shape index (κ2) is 7.60. The Hall–Kier alpha value is -2.17. The first kappa shape index (κ1) is 16.7. The highest BCUT2D eigenvalue weighted by molar-refractivity contribution is 7.13. The van der Waals surface area contributed by atoms with E-state index >= 15 is 0 Å². The van der Waals surface area contributed by atoms with Gasteiger partial charge in [-0.25, -0.2) is 4.98 Å². The minimum absolute atomic E-state index is 0.0637. The lowest BCUT2D eigenvalue weighted by atomic mass is 10.1. The third kappa shape index (κ3) is 4.22. The van der Waals surface area contributed by atoms with Crippen LogP contribution in [0.1, 0.15) is 18.2 Å². The molecular weight excluding hydrogens is 340 g/mol. The van der Waals surface area contributed by atoms with Crippen LogP contribution in [-0.2, 0) is 17.6 Å². The van der Waals surface area contributed by atoms with Gasteiger partial charge in [0.05, 0.1) is 12.1 Å². The second-order valence-electron chi connectivity index (χ2n) is 5.43. The molecule has 1 aromatic heterocycles. The summed E-state index contributed by atoms with van der Waals surface area (Å²) in [6, 6.07) is 15.5. The Labute approximate surface area is 150 Å². The number of nitrogens with zero attached hydrogens (tertiary/aromatic N) is 1. The third-order valence-electron chi connectivity index (χ3n) is 3.58. The van der Waals surface area contributed by atoms with Gasteiger partial charge in [0.2, 0.25) is 5.91 Å². The van der Waals surface area contributed by atoms with Crippen molar-refractivity contribution in [3.8, 4) is 10.6 Å². The number of aromatic nitrogens is 1. The molecule has 5 heteroatoms. The predicted molar refractivity (Wildman–Crippen MR) is 101 cm³/mol. The fourth-order valence-electron chi connectivity index (χ4n) is 2.38. The van der Waals surface area contributed by atoms with Crippen molar-refractivity contribution in [3.63, 3.8) is 0 Å². The zero-order valence-electron chi connectivity index (χ0n) is 13.3. The van der Waals surface area contributed by atoms with Crippen LogP contribution in [0.25, 0.3) is 10.6 Å². The van der Waals surface area contributed by atoms with Crippen LogP contribution in [0.2, 0.25) is 5.02 Å². The number of carbonyl (C=O) groups is 1. The number of hydrogen-bond donors (Lipinski definition) is 1. The first-order valence-corrected chi connectivity index (χ1v) is 8.99. The molecule has 0 aliphatic carbocycles. The molecule has 0 spiro atoms. The molecule has 0 saturated heterocycles. The van der Waals surface area contributed by atoms with Crippen LogP contribution >= 0.6 is 22.9 Å². The van der Waals surface area contributed by atoms with Crippen molar-refractivity contribution in [1.29, 1.82) is 0 Å². The molecule has 2 aromatic carbocycles. The number of benzene rings is 2. The van der Waals surface area contributed by atoms with E-state index in [2.05, 4.69) is 17.2 Å². The molecule has 0 atom stereocenters. The fraction of sp³-hybridized carbons (Fsp3) is 0.158. The summed E-state index contributed by atoms with van der Waals surface area (Å²) in [5, 5.41) is 6.39. The van der Waals surface area contributed by atoms with Gasteiger partial charge >= 0.3 is 0 Å². The summed E-state index contributed by atoms with van der Waals surface area (Å²) in [6.07, 6.45) is 1.20. The van der Waals surface area contributed by atoms with Gasteiger partial charge in [-0.15, -0.1) is 11.3 Å². The van der Waals surface area contributed by atoms with Crippen LogP contribution in [0, 0.1) is 0 Å². The van der Waals surface area contributed by atoms with Gasteiger partial charge in [-0.05, 0) is 36.2 Å². The number of amides is 1. The van der Waals surface area contributed by atoms with E-state index in [0.29, 0.717) is 5.02 Å². The maximum absolute atomic E-state index is 12.2. The summed E-state index contributed by atoms with van der Waals surface area (Å²) < 4.78 is 0. The Balaban J connectivity index is 1.67. The van der Waals surface area contributed by atoms with Crippen molar-refractivity contribution >= 4 is 34.5 Å². The first-order chi connectivity index (χ1) is 11.6. The minimum atomic E-state index is -0.0637. The number of rotatable bonds is 5. The second-order valence-corrected chi connectivity index (χ2v) is 6.73. The Morgan fingerprint density at radius 3 is 2.83 bits per heavy atom. The number of aryl methyl sites for hydroxylation is 1. The lowest BCUT2D eigenvalue weighted by molar-refractivity contribution is -0.115. The van der Waals surface area contributed by atoms with Crippen molar-refractivity contribution in [2.75, 3.05) is 5.32 Å². The maximum Gasteiger partial charge on any atom is 0.230 e. The molecule has 0 unspecified atom stereocenters. The van der Waals surface area contributed by atoms with E-state index in [-0.39, 0.29) is 12.3 Å². The number of carbonyl (C=O) groups excluding carboxylic acids is 1. The van der Waals surface area contributed by atoms with E-state index in [1.54, 1.807) is 0 Å². The number of nitrogens with one attached hydrogen (secondary N) is 1. The van der Waals surface area contributed by atoms with E-state index in [0.717, 1.165) is 28.4 Å². The van der Waals surface area contributed by atoms with Crippen LogP contribution in [0.15, 0.2) is 53.9 Å². The van der Waals surface area contributed by atoms with Gasteiger partial charge in [0.25, 0.3) is 0 Å². The third-order valence-corrected chi connectivity index (χ3v) is 4.76. The molecule has 3 aromatic rings. The summed E-state index contributed by atoms with van der Waals surface area (Å²) in [5.74, 6) is -0.0637. The molecule has 0 fully saturated rings. The van der Waals surface area contributed by atoms with Crippen LogP contribution < -0.4 is 5.32 Å². The number of anilines is 1. The summed E-state index contributed by atoms with van der Waals surface area (Å²) >= 11 is 7.53. The Bertz CT molecular complexity index is 860. The molecule has 0 aliphatic rings. The van der Waals surface area contributed by atoms with Crippen LogP contribution in [0.5, 0.6) is 0 Å². The average molecular weight is 357 g/mol. The molecule has 24 heavy (non-hydrogen) atoms. The topological polar surface area (TPSA) is 42.0 Å². The molecule has 122 valence electrons. The van der Waals surface area contributed by atoms with Crippen molar-refractivity contribution in [2.24, 2.45) is 0 Å². The Morgan fingerprint density at radius 1 is 1.21 bits per heavy atom. The summed E-state index contributed by atoms with van der Waals surface area (Å²) in [7, 11) is 0. The Kier molecular flexibility index (Phi) is 5.28. The Morgan fingerprint density at radius 2 is 2.04 bits per heavy atom. The summed E-state index contributed by atoms with van der Waals surface area (Å²) in [5.41, 5.74) is 3.75. The molecule has 0 aliphatic heterocycles. The number of halogens is 1. The molecule has 3 nitrogen and oxygen atoms in total. The number of thiazole rings is 1. The summed E-state index contributed by atoms with van der Waals surface area (Å²) in [4.78, 5) is 16.7. The van der Waals surface area contributed by atoms with Gasteiger partial charge in [0.1, 0.15) is 5.01 Å². The smallest absolute Gasteiger partial charge is 0.230 e. The summed E-state index contributed by atoms with van der Waals surface area (Å²) in [6.45, 7) is 2.09. The molecule has 0 bridgehead atoms. The van der Waals surface area contributed by atoms with E-state index in [4.69, 9.17) is 11.6 Å². The predicted octanol–water partition coefficient (Wildman–Crippen LogP) is 5.21. The van der Waals surface area contributed by atoms with Crippen LogP contribution in [0.3, 0.4) is 0 Å². The normalized spacial score (nSPS) is 10.6. The molecule has 0 saturated carbocycles. The largest absolute Gasteiger partial charge is 0.326 e. The zero-order valence-corrected chi connectivity index (χ0v) is 14.8. The monoisotopic (exact) mass is 356 g/mol. The van der Waals surface area contributed by atoms with Crippen molar-refractivity contribution in [2.45, 2.75) is 19.8 Å². The zero-order chi connectivity index (χ0) is 16.9. The standard InChI is InChI=1S/C19H17ClN2OS/c1-2-13-5-3-8-16(9-13)21-18(23)11-17-12-24-19(22-17)14-6-4-7-15(20)10-14/h3-10,12H,2,11H2,1H3,(H,21,23). The average Bonchev–Trinajstić information content (AvgIpc) is 3.03. The van der Waals surface area contributed by atoms with Gasteiger partial charge in [0.15, 0.2) is 0 Å². The van der Waals surface area contributed by atoms with E-state index < -0.39 is 0 Å².